The van der Waals surface area contributed by atoms with E-state index in [0.717, 1.165) is 44.5 Å². The van der Waals surface area contributed by atoms with Crippen molar-refractivity contribution < 1.29 is 0 Å². The number of hydrogen-bond donors (Lipinski definition) is 0. The van der Waals surface area contributed by atoms with Crippen LogP contribution in [0.2, 0.25) is 0 Å². The standard InChI is InChI=1S/C58H37N3S/c1-3-15-38(16-4-1)42-19-13-21-45(35-42)56-59-55(60-57(61-56)46-22-14-20-43(36-46)39-17-5-2-6-18-39)41-31-29-40(30-32-41)44-33-34-54-52(37-44)58(51-27-11-12-28-53(51)62-54)49-25-9-7-23-47(49)48-24-8-10-26-50(48)58/h1-37H. The maximum atomic E-state index is 5.16. The molecule has 10 aromatic rings. The van der Waals surface area contributed by atoms with Crippen LogP contribution >= 0.6 is 11.8 Å². The molecule has 3 nitrogen and oxygen atoms in total. The summed E-state index contributed by atoms with van der Waals surface area (Å²) >= 11 is 1.87. The zero-order chi connectivity index (χ0) is 41.0. The van der Waals surface area contributed by atoms with Crippen molar-refractivity contribution in [3.05, 3.63) is 247 Å². The molecule has 1 aliphatic carbocycles. The lowest BCUT2D eigenvalue weighted by molar-refractivity contribution is 0.723. The lowest BCUT2D eigenvalue weighted by Gasteiger charge is -2.40. The van der Waals surface area contributed by atoms with Gasteiger partial charge in [-0.3, -0.25) is 0 Å². The molecule has 2 aliphatic rings. The molecule has 2 heterocycles. The van der Waals surface area contributed by atoms with Gasteiger partial charge in [0, 0.05) is 26.5 Å². The number of fused-ring (bicyclic) bond motifs is 9. The molecule has 0 unspecified atom stereocenters. The summed E-state index contributed by atoms with van der Waals surface area (Å²) in [5, 5.41) is 0. The summed E-state index contributed by atoms with van der Waals surface area (Å²) in [5.41, 5.74) is 17.1. The summed E-state index contributed by atoms with van der Waals surface area (Å²) in [7, 11) is 0. The molecule has 0 atom stereocenters. The maximum absolute atomic E-state index is 5.16. The maximum Gasteiger partial charge on any atom is 0.164 e. The molecule has 1 aromatic heterocycles. The first-order valence-corrected chi connectivity index (χ1v) is 21.8. The highest BCUT2D eigenvalue weighted by Crippen LogP contribution is 2.62. The minimum Gasteiger partial charge on any atom is -0.208 e. The Morgan fingerprint density at radius 3 is 1.23 bits per heavy atom. The molecule has 0 saturated heterocycles. The van der Waals surface area contributed by atoms with Gasteiger partial charge < -0.3 is 0 Å². The van der Waals surface area contributed by atoms with Crippen LogP contribution in [0.3, 0.4) is 0 Å². The van der Waals surface area contributed by atoms with Crippen molar-refractivity contribution in [2.75, 3.05) is 0 Å². The van der Waals surface area contributed by atoms with Crippen LogP contribution in [0.25, 0.3) is 78.7 Å². The molecular weight excluding hydrogens is 771 g/mol. The molecule has 1 spiro atoms. The van der Waals surface area contributed by atoms with Crippen LogP contribution in [0.15, 0.2) is 234 Å². The normalized spacial score (nSPS) is 12.9. The highest BCUT2D eigenvalue weighted by molar-refractivity contribution is 7.99. The van der Waals surface area contributed by atoms with Crippen LogP contribution in [-0.4, -0.2) is 15.0 Å². The van der Waals surface area contributed by atoms with E-state index in [1.165, 1.54) is 48.7 Å². The average Bonchev–Trinajstić information content (AvgIpc) is 3.65. The first-order chi connectivity index (χ1) is 30.7. The quantitative estimate of drug-likeness (QED) is 0.168. The van der Waals surface area contributed by atoms with E-state index in [2.05, 4.69) is 212 Å². The monoisotopic (exact) mass is 807 g/mol. The van der Waals surface area contributed by atoms with Gasteiger partial charge in [0.2, 0.25) is 0 Å². The highest BCUT2D eigenvalue weighted by atomic mass is 32.2. The van der Waals surface area contributed by atoms with Crippen LogP contribution < -0.4 is 0 Å². The Morgan fingerprint density at radius 1 is 0.258 bits per heavy atom. The molecule has 0 radical (unpaired) electrons. The second-order valence-corrected chi connectivity index (χ2v) is 17.0. The smallest absolute Gasteiger partial charge is 0.164 e. The van der Waals surface area contributed by atoms with Gasteiger partial charge >= 0.3 is 0 Å². The minimum atomic E-state index is -0.423. The van der Waals surface area contributed by atoms with E-state index < -0.39 is 5.41 Å². The third-order valence-electron chi connectivity index (χ3n) is 12.4. The Labute approximate surface area is 365 Å². The first-order valence-electron chi connectivity index (χ1n) is 21.0. The number of aromatic nitrogens is 3. The Hall–Kier alpha value is -7.66. The summed E-state index contributed by atoms with van der Waals surface area (Å²) in [5.74, 6) is 1.89. The molecule has 62 heavy (non-hydrogen) atoms. The summed E-state index contributed by atoms with van der Waals surface area (Å²) in [6.45, 7) is 0. The molecule has 4 heteroatoms. The van der Waals surface area contributed by atoms with Crippen molar-refractivity contribution >= 4 is 11.8 Å². The van der Waals surface area contributed by atoms with Crippen LogP contribution in [0.4, 0.5) is 0 Å². The van der Waals surface area contributed by atoms with Gasteiger partial charge in [-0.1, -0.05) is 206 Å². The van der Waals surface area contributed by atoms with Crippen LogP contribution in [-0.2, 0) is 5.41 Å². The lowest BCUT2D eigenvalue weighted by Crippen LogP contribution is -2.32. The summed E-state index contributed by atoms with van der Waals surface area (Å²) < 4.78 is 0. The lowest BCUT2D eigenvalue weighted by atomic mass is 9.67. The Balaban J connectivity index is 0.972. The molecule has 12 rings (SSSR count). The molecule has 0 fully saturated rings. The second-order valence-electron chi connectivity index (χ2n) is 15.9. The number of benzene rings is 9. The predicted octanol–water partition coefficient (Wildman–Crippen LogP) is 14.7. The van der Waals surface area contributed by atoms with E-state index in [1.54, 1.807) is 0 Å². The van der Waals surface area contributed by atoms with Crippen LogP contribution in [0, 0.1) is 0 Å². The van der Waals surface area contributed by atoms with E-state index in [-0.39, 0.29) is 0 Å². The average molecular weight is 808 g/mol. The molecule has 0 saturated carbocycles. The highest BCUT2D eigenvalue weighted by Gasteiger charge is 2.50. The fourth-order valence-corrected chi connectivity index (χ4v) is 10.7. The van der Waals surface area contributed by atoms with E-state index in [0.29, 0.717) is 17.5 Å². The number of rotatable bonds is 6. The molecule has 1 aliphatic heterocycles. The predicted molar refractivity (Wildman–Crippen MR) is 254 cm³/mol. The fourth-order valence-electron chi connectivity index (χ4n) is 9.55. The Kier molecular flexibility index (Phi) is 8.65. The van der Waals surface area contributed by atoms with Crippen molar-refractivity contribution in [2.24, 2.45) is 0 Å². The molecule has 9 aromatic carbocycles. The van der Waals surface area contributed by atoms with Crippen molar-refractivity contribution in [1.29, 1.82) is 0 Å². The first kappa shape index (κ1) is 36.2. The molecular formula is C58H37N3S. The number of nitrogens with zero attached hydrogens (tertiary/aromatic N) is 3. The van der Waals surface area contributed by atoms with E-state index >= 15 is 0 Å². The molecule has 0 bridgehead atoms. The van der Waals surface area contributed by atoms with Crippen LogP contribution in [0.5, 0.6) is 0 Å². The molecule has 0 amide bonds. The SMILES string of the molecule is c1ccc(-c2cccc(-c3nc(-c4ccc(-c5ccc6c(c5)C5(c7ccccc7S6)c6ccccc6-c6ccccc65)cc4)nc(-c4cccc(-c5ccccc5)c4)n3)c2)cc1. The van der Waals surface area contributed by atoms with Gasteiger partial charge in [0.15, 0.2) is 17.5 Å². The van der Waals surface area contributed by atoms with Crippen LogP contribution in [0.1, 0.15) is 22.3 Å². The van der Waals surface area contributed by atoms with Crippen molar-refractivity contribution in [2.45, 2.75) is 15.2 Å². The second kappa shape index (κ2) is 14.8. The van der Waals surface area contributed by atoms with Crippen molar-refractivity contribution in [3.8, 4) is 78.7 Å². The van der Waals surface area contributed by atoms with Gasteiger partial charge in [0.25, 0.3) is 0 Å². The van der Waals surface area contributed by atoms with E-state index in [9.17, 15) is 0 Å². The summed E-state index contributed by atoms with van der Waals surface area (Å²) in [4.78, 5) is 18.0. The Morgan fingerprint density at radius 2 is 0.645 bits per heavy atom. The number of hydrogen-bond acceptors (Lipinski definition) is 4. The van der Waals surface area contributed by atoms with Gasteiger partial charge in [-0.2, -0.15) is 0 Å². The molecule has 0 N–H and O–H groups in total. The summed E-state index contributed by atoms with van der Waals surface area (Å²) in [6.07, 6.45) is 0. The zero-order valence-electron chi connectivity index (χ0n) is 33.6. The van der Waals surface area contributed by atoms with Gasteiger partial charge in [0.1, 0.15) is 0 Å². The topological polar surface area (TPSA) is 38.7 Å². The fraction of sp³-hybridized carbons (Fsp3) is 0.0172. The van der Waals surface area contributed by atoms with E-state index in [1.807, 2.05) is 23.9 Å². The third-order valence-corrected chi connectivity index (χ3v) is 13.6. The van der Waals surface area contributed by atoms with Gasteiger partial charge in [-0.15, -0.1) is 0 Å². The van der Waals surface area contributed by atoms with Crippen molar-refractivity contribution in [3.63, 3.8) is 0 Å². The molecule has 290 valence electrons. The van der Waals surface area contributed by atoms with Crippen molar-refractivity contribution in [1.82, 2.24) is 15.0 Å². The summed E-state index contributed by atoms with van der Waals surface area (Å²) in [6, 6.07) is 80.5. The zero-order valence-corrected chi connectivity index (χ0v) is 34.4. The minimum absolute atomic E-state index is 0.423. The van der Waals surface area contributed by atoms with Gasteiger partial charge in [0.05, 0.1) is 5.41 Å². The largest absolute Gasteiger partial charge is 0.208 e. The third kappa shape index (κ3) is 5.94. The Bertz CT molecular complexity index is 3180. The van der Waals surface area contributed by atoms with E-state index in [4.69, 9.17) is 15.0 Å². The van der Waals surface area contributed by atoms with Gasteiger partial charge in [-0.05, 0) is 97.1 Å². The van der Waals surface area contributed by atoms with Gasteiger partial charge in [-0.25, -0.2) is 15.0 Å².